The largest absolute Gasteiger partial charge is 0.494 e. The molecule has 0 atom stereocenters. The van der Waals surface area contributed by atoms with Gasteiger partial charge in [0.15, 0.2) is 6.61 Å². The number of nitrogens with zero attached hydrogens (tertiary/aromatic N) is 1. The zero-order chi connectivity index (χ0) is 14.1. The van der Waals surface area contributed by atoms with Crippen LogP contribution in [-0.2, 0) is 4.79 Å². The molecule has 1 amide bonds. The molecule has 5 heteroatoms. The first-order valence-corrected chi connectivity index (χ1v) is 6.47. The van der Waals surface area contributed by atoms with Crippen LogP contribution in [0.4, 0.5) is 0 Å². The van der Waals surface area contributed by atoms with Gasteiger partial charge in [0.05, 0.1) is 6.61 Å². The van der Waals surface area contributed by atoms with Crippen LogP contribution < -0.4 is 15.2 Å². The van der Waals surface area contributed by atoms with Gasteiger partial charge in [-0.3, -0.25) is 4.79 Å². The average molecular weight is 266 g/mol. The molecule has 0 aliphatic carbocycles. The fraction of sp³-hybridized carbons (Fsp3) is 0.500. The molecule has 0 saturated heterocycles. The van der Waals surface area contributed by atoms with E-state index >= 15 is 0 Å². The van der Waals surface area contributed by atoms with Crippen molar-refractivity contribution in [3.63, 3.8) is 0 Å². The van der Waals surface area contributed by atoms with Crippen molar-refractivity contribution < 1.29 is 14.3 Å². The summed E-state index contributed by atoms with van der Waals surface area (Å²) >= 11 is 0. The summed E-state index contributed by atoms with van der Waals surface area (Å²) in [5.41, 5.74) is 5.40. The molecule has 1 aromatic rings. The maximum atomic E-state index is 11.7. The van der Waals surface area contributed by atoms with E-state index in [0.717, 1.165) is 12.2 Å². The first-order valence-electron chi connectivity index (χ1n) is 6.47. The van der Waals surface area contributed by atoms with Crippen LogP contribution in [0.15, 0.2) is 24.3 Å². The lowest BCUT2D eigenvalue weighted by atomic mass is 10.3. The molecule has 5 nitrogen and oxygen atoms in total. The number of carbonyl (C=O) groups excluding carboxylic acids is 1. The number of ether oxygens (including phenoxy) is 2. The van der Waals surface area contributed by atoms with E-state index in [4.69, 9.17) is 15.2 Å². The Morgan fingerprint density at radius 3 is 2.32 bits per heavy atom. The van der Waals surface area contributed by atoms with Gasteiger partial charge in [-0.15, -0.1) is 0 Å². The monoisotopic (exact) mass is 266 g/mol. The molecular weight excluding hydrogens is 244 g/mol. The van der Waals surface area contributed by atoms with E-state index < -0.39 is 0 Å². The standard InChI is InChI=1S/C14H22N2O3/c1-3-18-12-5-7-13(8-6-12)19-11-14(17)16(2)10-4-9-15/h5-8H,3-4,9-11,15H2,1-2H3. The molecule has 106 valence electrons. The van der Waals surface area contributed by atoms with Crippen molar-refractivity contribution in [3.05, 3.63) is 24.3 Å². The van der Waals surface area contributed by atoms with Gasteiger partial charge in [-0.25, -0.2) is 0 Å². The Morgan fingerprint density at radius 1 is 1.21 bits per heavy atom. The third-order valence-corrected chi connectivity index (χ3v) is 2.62. The lowest BCUT2D eigenvalue weighted by molar-refractivity contribution is -0.132. The lowest BCUT2D eigenvalue weighted by Crippen LogP contribution is -2.33. The van der Waals surface area contributed by atoms with Gasteiger partial charge in [-0.05, 0) is 44.2 Å². The van der Waals surface area contributed by atoms with Gasteiger partial charge >= 0.3 is 0 Å². The highest BCUT2D eigenvalue weighted by atomic mass is 16.5. The molecule has 2 N–H and O–H groups in total. The normalized spacial score (nSPS) is 10.1. The molecule has 0 radical (unpaired) electrons. The SMILES string of the molecule is CCOc1ccc(OCC(=O)N(C)CCCN)cc1. The fourth-order valence-corrected chi connectivity index (χ4v) is 1.51. The Morgan fingerprint density at radius 2 is 1.79 bits per heavy atom. The molecule has 0 fully saturated rings. The first kappa shape index (κ1) is 15.3. The van der Waals surface area contributed by atoms with Crippen LogP contribution in [0.3, 0.4) is 0 Å². The summed E-state index contributed by atoms with van der Waals surface area (Å²) in [7, 11) is 1.75. The quantitative estimate of drug-likeness (QED) is 0.769. The third-order valence-electron chi connectivity index (χ3n) is 2.62. The molecular formula is C14H22N2O3. The number of amides is 1. The summed E-state index contributed by atoms with van der Waals surface area (Å²) in [4.78, 5) is 13.4. The number of hydrogen-bond acceptors (Lipinski definition) is 4. The molecule has 0 spiro atoms. The van der Waals surface area contributed by atoms with E-state index in [1.165, 1.54) is 0 Å². The maximum Gasteiger partial charge on any atom is 0.260 e. The second-order valence-corrected chi connectivity index (χ2v) is 4.15. The molecule has 1 aromatic carbocycles. The van der Waals surface area contributed by atoms with E-state index in [1.54, 1.807) is 24.1 Å². The van der Waals surface area contributed by atoms with Crippen LogP contribution in [0.2, 0.25) is 0 Å². The van der Waals surface area contributed by atoms with Crippen molar-refractivity contribution in [2.45, 2.75) is 13.3 Å². The Labute approximate surface area is 114 Å². The minimum Gasteiger partial charge on any atom is -0.494 e. The summed E-state index contributed by atoms with van der Waals surface area (Å²) in [5, 5.41) is 0. The molecule has 0 bridgehead atoms. The Hall–Kier alpha value is -1.75. The first-order chi connectivity index (χ1) is 9.17. The number of hydrogen-bond donors (Lipinski definition) is 1. The van der Waals surface area contributed by atoms with Gasteiger partial charge in [-0.1, -0.05) is 0 Å². The van der Waals surface area contributed by atoms with E-state index in [-0.39, 0.29) is 12.5 Å². The highest BCUT2D eigenvalue weighted by Gasteiger charge is 2.08. The Balaban J connectivity index is 2.37. The maximum absolute atomic E-state index is 11.7. The minimum absolute atomic E-state index is 0.0368. The second kappa shape index (κ2) is 8.37. The molecule has 0 aliphatic heterocycles. The van der Waals surface area contributed by atoms with E-state index in [9.17, 15) is 4.79 Å². The van der Waals surface area contributed by atoms with Crippen LogP contribution >= 0.6 is 0 Å². The smallest absolute Gasteiger partial charge is 0.260 e. The predicted molar refractivity (Wildman–Crippen MR) is 74.4 cm³/mol. The van der Waals surface area contributed by atoms with E-state index in [0.29, 0.717) is 25.4 Å². The average Bonchev–Trinajstić information content (AvgIpc) is 2.44. The van der Waals surface area contributed by atoms with Crippen molar-refractivity contribution in [3.8, 4) is 11.5 Å². The van der Waals surface area contributed by atoms with Gasteiger partial charge < -0.3 is 20.1 Å². The van der Waals surface area contributed by atoms with Crippen LogP contribution in [-0.4, -0.2) is 44.2 Å². The molecule has 1 rings (SSSR count). The van der Waals surface area contributed by atoms with Gasteiger partial charge in [0.2, 0.25) is 0 Å². The molecule has 19 heavy (non-hydrogen) atoms. The van der Waals surface area contributed by atoms with Crippen LogP contribution in [0.1, 0.15) is 13.3 Å². The molecule has 0 unspecified atom stereocenters. The lowest BCUT2D eigenvalue weighted by Gasteiger charge is -2.17. The van der Waals surface area contributed by atoms with Crippen LogP contribution in [0.25, 0.3) is 0 Å². The Bertz CT molecular complexity index is 379. The second-order valence-electron chi connectivity index (χ2n) is 4.15. The van der Waals surface area contributed by atoms with Gasteiger partial charge in [0.1, 0.15) is 11.5 Å². The highest BCUT2D eigenvalue weighted by molar-refractivity contribution is 5.77. The molecule has 0 heterocycles. The van der Waals surface area contributed by atoms with E-state index in [1.807, 2.05) is 19.1 Å². The number of nitrogens with two attached hydrogens (primary N) is 1. The third kappa shape index (κ3) is 5.61. The van der Waals surface area contributed by atoms with Crippen LogP contribution in [0.5, 0.6) is 11.5 Å². The zero-order valence-electron chi connectivity index (χ0n) is 11.6. The van der Waals surface area contributed by atoms with Crippen molar-refractivity contribution in [1.82, 2.24) is 4.90 Å². The number of benzene rings is 1. The van der Waals surface area contributed by atoms with Crippen molar-refractivity contribution in [2.75, 3.05) is 33.4 Å². The van der Waals surface area contributed by atoms with Crippen molar-refractivity contribution in [1.29, 1.82) is 0 Å². The van der Waals surface area contributed by atoms with Gasteiger partial charge in [-0.2, -0.15) is 0 Å². The molecule has 0 aromatic heterocycles. The van der Waals surface area contributed by atoms with E-state index in [2.05, 4.69) is 0 Å². The fourth-order valence-electron chi connectivity index (χ4n) is 1.51. The summed E-state index contributed by atoms with van der Waals surface area (Å²) in [5.74, 6) is 1.40. The molecule has 0 aliphatic rings. The summed E-state index contributed by atoms with van der Waals surface area (Å²) in [6.45, 7) is 3.83. The Kier molecular flexibility index (Phi) is 6.74. The van der Waals surface area contributed by atoms with Gasteiger partial charge in [0, 0.05) is 13.6 Å². The predicted octanol–water partition coefficient (Wildman–Crippen LogP) is 1.27. The summed E-state index contributed by atoms with van der Waals surface area (Å²) in [6.07, 6.45) is 0.797. The van der Waals surface area contributed by atoms with Crippen LogP contribution in [0, 0.1) is 0 Å². The van der Waals surface area contributed by atoms with Crippen molar-refractivity contribution in [2.24, 2.45) is 5.73 Å². The minimum atomic E-state index is -0.0534. The number of carbonyl (C=O) groups is 1. The highest BCUT2D eigenvalue weighted by Crippen LogP contribution is 2.17. The number of likely N-dealkylation sites (N-methyl/N-ethyl adjacent to an activating group) is 1. The van der Waals surface area contributed by atoms with Gasteiger partial charge in [0.25, 0.3) is 5.91 Å². The molecule has 0 saturated carbocycles. The zero-order valence-corrected chi connectivity index (χ0v) is 11.6. The summed E-state index contributed by atoms with van der Waals surface area (Å²) in [6, 6.07) is 7.22. The number of rotatable bonds is 8. The van der Waals surface area contributed by atoms with Crippen molar-refractivity contribution >= 4 is 5.91 Å². The summed E-state index contributed by atoms with van der Waals surface area (Å²) < 4.78 is 10.8. The topological polar surface area (TPSA) is 64.8 Å².